The highest BCUT2D eigenvalue weighted by atomic mass is 16.4. The summed E-state index contributed by atoms with van der Waals surface area (Å²) in [6, 6.07) is 8.40. The molecule has 0 aliphatic rings. The Hall–Kier alpha value is -3.16. The van der Waals surface area contributed by atoms with Gasteiger partial charge in [0.2, 0.25) is 0 Å². The summed E-state index contributed by atoms with van der Waals surface area (Å²) in [5.41, 5.74) is 2.21. The highest BCUT2D eigenvalue weighted by Gasteiger charge is 2.16. The molecule has 1 aromatic heterocycles. The minimum Gasteiger partial charge on any atom is -0.481 e. The zero-order chi connectivity index (χ0) is 20.7. The normalized spacial score (nSPS) is 10.7. The van der Waals surface area contributed by atoms with Gasteiger partial charge in [-0.25, -0.2) is 0 Å². The van der Waals surface area contributed by atoms with E-state index in [9.17, 15) is 14.4 Å². The standard InChI is InChI=1S/C20H26N4O4/c1-4-16(5-2)24-13(3)12-17(23-24)20(28)22-15-8-6-14(7-9-15)19(27)21-11-10-18(25)26/h6-9,12,16H,4-5,10-11H2,1-3H3,(H,21,27)(H,22,28)(H,25,26). The van der Waals surface area contributed by atoms with Gasteiger partial charge in [-0.1, -0.05) is 13.8 Å². The molecule has 0 radical (unpaired) electrons. The molecule has 2 aromatic rings. The number of nitrogens with zero attached hydrogens (tertiary/aromatic N) is 2. The highest BCUT2D eigenvalue weighted by molar-refractivity contribution is 6.03. The Morgan fingerprint density at radius 1 is 1.11 bits per heavy atom. The highest BCUT2D eigenvalue weighted by Crippen LogP contribution is 2.19. The fraction of sp³-hybridized carbons (Fsp3) is 0.400. The fourth-order valence-corrected chi connectivity index (χ4v) is 2.89. The van der Waals surface area contributed by atoms with Crippen molar-refractivity contribution in [1.82, 2.24) is 15.1 Å². The lowest BCUT2D eigenvalue weighted by atomic mass is 10.2. The molecule has 8 heteroatoms. The third kappa shape index (κ3) is 5.42. The predicted molar refractivity (Wildman–Crippen MR) is 106 cm³/mol. The van der Waals surface area contributed by atoms with Crippen molar-refractivity contribution in [3.8, 4) is 0 Å². The van der Waals surface area contributed by atoms with Gasteiger partial charge < -0.3 is 15.7 Å². The summed E-state index contributed by atoms with van der Waals surface area (Å²) >= 11 is 0. The second-order valence-corrected chi connectivity index (χ2v) is 6.52. The molecule has 0 spiro atoms. The lowest BCUT2D eigenvalue weighted by Crippen LogP contribution is -2.25. The number of aryl methyl sites for hydroxylation is 1. The quantitative estimate of drug-likeness (QED) is 0.613. The van der Waals surface area contributed by atoms with E-state index in [4.69, 9.17) is 5.11 Å². The Labute approximate surface area is 163 Å². The molecule has 2 amide bonds. The molecule has 0 saturated heterocycles. The van der Waals surface area contributed by atoms with E-state index in [1.54, 1.807) is 30.3 Å². The van der Waals surface area contributed by atoms with E-state index < -0.39 is 5.97 Å². The number of amides is 2. The summed E-state index contributed by atoms with van der Waals surface area (Å²) in [7, 11) is 0. The summed E-state index contributed by atoms with van der Waals surface area (Å²) in [4.78, 5) is 34.9. The maximum atomic E-state index is 12.5. The molecule has 0 saturated carbocycles. The molecule has 3 N–H and O–H groups in total. The van der Waals surface area contributed by atoms with Gasteiger partial charge in [0.25, 0.3) is 11.8 Å². The van der Waals surface area contributed by atoms with Crippen LogP contribution in [0.15, 0.2) is 30.3 Å². The van der Waals surface area contributed by atoms with Crippen LogP contribution in [-0.2, 0) is 4.79 Å². The number of aromatic nitrogens is 2. The molecule has 2 rings (SSSR count). The second-order valence-electron chi connectivity index (χ2n) is 6.52. The second kappa shape index (κ2) is 9.68. The summed E-state index contributed by atoms with van der Waals surface area (Å²) in [6.45, 7) is 6.17. The van der Waals surface area contributed by atoms with Crippen LogP contribution in [0.4, 0.5) is 5.69 Å². The van der Waals surface area contributed by atoms with Crippen LogP contribution < -0.4 is 10.6 Å². The maximum absolute atomic E-state index is 12.5. The molecule has 0 unspecified atom stereocenters. The first kappa shape index (κ1) is 21.1. The van der Waals surface area contributed by atoms with E-state index in [1.807, 2.05) is 11.6 Å². The van der Waals surface area contributed by atoms with Crippen LogP contribution in [0, 0.1) is 6.92 Å². The van der Waals surface area contributed by atoms with Crippen LogP contribution in [0.2, 0.25) is 0 Å². The summed E-state index contributed by atoms with van der Waals surface area (Å²) in [6.07, 6.45) is 1.75. The van der Waals surface area contributed by atoms with Crippen molar-refractivity contribution in [3.05, 3.63) is 47.3 Å². The maximum Gasteiger partial charge on any atom is 0.305 e. The van der Waals surface area contributed by atoms with Gasteiger partial charge in [-0.15, -0.1) is 0 Å². The van der Waals surface area contributed by atoms with Crippen molar-refractivity contribution in [2.75, 3.05) is 11.9 Å². The third-order valence-corrected chi connectivity index (χ3v) is 4.47. The van der Waals surface area contributed by atoms with E-state index in [0.717, 1.165) is 18.5 Å². The molecular formula is C20H26N4O4. The van der Waals surface area contributed by atoms with Crippen LogP contribution in [0.3, 0.4) is 0 Å². The summed E-state index contributed by atoms with van der Waals surface area (Å²) in [5, 5.41) is 18.3. The SMILES string of the molecule is CCC(CC)n1nc(C(=O)Nc2ccc(C(=O)NCCC(=O)O)cc2)cc1C. The van der Waals surface area contributed by atoms with Gasteiger partial charge in [0.05, 0.1) is 12.5 Å². The molecule has 150 valence electrons. The molecule has 28 heavy (non-hydrogen) atoms. The number of carboxylic acids is 1. The number of hydrogen-bond donors (Lipinski definition) is 3. The van der Waals surface area contributed by atoms with Crippen LogP contribution in [-0.4, -0.2) is 39.2 Å². The van der Waals surface area contributed by atoms with E-state index in [1.165, 1.54) is 0 Å². The fourth-order valence-electron chi connectivity index (χ4n) is 2.89. The van der Waals surface area contributed by atoms with Crippen LogP contribution in [0.5, 0.6) is 0 Å². The van der Waals surface area contributed by atoms with Gasteiger partial charge in [0.1, 0.15) is 0 Å². The van der Waals surface area contributed by atoms with Gasteiger partial charge >= 0.3 is 5.97 Å². The monoisotopic (exact) mass is 386 g/mol. The third-order valence-electron chi connectivity index (χ3n) is 4.47. The van der Waals surface area contributed by atoms with Gasteiger partial charge in [0.15, 0.2) is 5.69 Å². The smallest absolute Gasteiger partial charge is 0.305 e. The van der Waals surface area contributed by atoms with E-state index >= 15 is 0 Å². The molecule has 0 bridgehead atoms. The number of nitrogens with one attached hydrogen (secondary N) is 2. The number of aliphatic carboxylic acids is 1. The Balaban J connectivity index is 2.00. The molecule has 1 aromatic carbocycles. The number of anilines is 1. The van der Waals surface area contributed by atoms with Gasteiger partial charge in [0, 0.05) is 23.5 Å². The molecule has 8 nitrogen and oxygen atoms in total. The number of benzene rings is 1. The average Bonchev–Trinajstić information content (AvgIpc) is 3.05. The van der Waals surface area contributed by atoms with Gasteiger partial charge in [-0.3, -0.25) is 19.1 Å². The number of hydrogen-bond acceptors (Lipinski definition) is 4. The average molecular weight is 386 g/mol. The van der Waals surface area contributed by atoms with Crippen molar-refractivity contribution in [2.45, 2.75) is 46.1 Å². The summed E-state index contributed by atoms with van der Waals surface area (Å²) < 4.78 is 1.89. The molecule has 1 heterocycles. The Bertz CT molecular complexity index is 838. The molecule has 0 aliphatic heterocycles. The first-order valence-corrected chi connectivity index (χ1v) is 9.33. The Morgan fingerprint density at radius 3 is 2.32 bits per heavy atom. The molecule has 0 atom stereocenters. The van der Waals surface area contributed by atoms with Crippen LogP contribution in [0.1, 0.15) is 65.7 Å². The van der Waals surface area contributed by atoms with Crippen molar-refractivity contribution in [1.29, 1.82) is 0 Å². The van der Waals surface area contributed by atoms with Crippen molar-refractivity contribution < 1.29 is 19.5 Å². The van der Waals surface area contributed by atoms with Crippen molar-refractivity contribution in [3.63, 3.8) is 0 Å². The van der Waals surface area contributed by atoms with Gasteiger partial charge in [-0.05, 0) is 50.1 Å². The lowest BCUT2D eigenvalue weighted by molar-refractivity contribution is -0.136. The lowest BCUT2D eigenvalue weighted by Gasteiger charge is -2.14. The zero-order valence-electron chi connectivity index (χ0n) is 16.4. The minimum absolute atomic E-state index is 0.0607. The molecule has 0 fully saturated rings. The zero-order valence-corrected chi connectivity index (χ0v) is 16.4. The molecular weight excluding hydrogens is 360 g/mol. The number of carboxylic acid groups (broad SMARTS) is 1. The Kier molecular flexibility index (Phi) is 7.31. The molecule has 0 aliphatic carbocycles. The predicted octanol–water partition coefficient (Wildman–Crippen LogP) is 3.01. The number of carbonyl (C=O) groups excluding carboxylic acids is 2. The van der Waals surface area contributed by atoms with Crippen LogP contribution in [0.25, 0.3) is 0 Å². The topological polar surface area (TPSA) is 113 Å². The summed E-state index contributed by atoms with van der Waals surface area (Å²) in [5.74, 6) is -1.65. The largest absolute Gasteiger partial charge is 0.481 e. The minimum atomic E-state index is -0.972. The van der Waals surface area contributed by atoms with E-state index in [2.05, 4.69) is 29.6 Å². The number of rotatable bonds is 9. The van der Waals surface area contributed by atoms with Crippen LogP contribution >= 0.6 is 0 Å². The van der Waals surface area contributed by atoms with E-state index in [-0.39, 0.29) is 30.8 Å². The van der Waals surface area contributed by atoms with Crippen molar-refractivity contribution in [2.24, 2.45) is 0 Å². The van der Waals surface area contributed by atoms with E-state index in [0.29, 0.717) is 16.9 Å². The Morgan fingerprint density at radius 2 is 1.75 bits per heavy atom. The first-order chi connectivity index (χ1) is 13.3. The van der Waals surface area contributed by atoms with Crippen molar-refractivity contribution >= 4 is 23.5 Å². The number of carbonyl (C=O) groups is 3. The van der Waals surface area contributed by atoms with Gasteiger partial charge in [-0.2, -0.15) is 5.10 Å². The first-order valence-electron chi connectivity index (χ1n) is 9.33.